The Bertz CT molecular complexity index is 1350. The first-order valence-corrected chi connectivity index (χ1v) is 11.4. The number of amides is 1. The van der Waals surface area contributed by atoms with Crippen LogP contribution in [0.25, 0.3) is 22.6 Å². The van der Waals surface area contributed by atoms with Crippen LogP contribution in [0.5, 0.6) is 0 Å². The molecular formula is C26H19F3N2O2S. The van der Waals surface area contributed by atoms with Crippen molar-refractivity contribution in [3.63, 3.8) is 0 Å². The minimum absolute atomic E-state index is 0.0362. The molecule has 8 heteroatoms. The van der Waals surface area contributed by atoms with Gasteiger partial charge >= 0.3 is 5.51 Å². The average molecular weight is 481 g/mol. The van der Waals surface area contributed by atoms with E-state index in [4.69, 9.17) is 4.52 Å². The van der Waals surface area contributed by atoms with E-state index in [9.17, 15) is 18.0 Å². The molecule has 4 nitrogen and oxygen atoms in total. The van der Waals surface area contributed by atoms with Gasteiger partial charge in [0.05, 0.1) is 0 Å². The van der Waals surface area contributed by atoms with Crippen LogP contribution in [0, 0.1) is 0 Å². The first-order chi connectivity index (χ1) is 16.3. The fourth-order valence-electron chi connectivity index (χ4n) is 4.16. The number of benzene rings is 3. The number of carbonyl (C=O) groups excluding carboxylic acids is 1. The summed E-state index contributed by atoms with van der Waals surface area (Å²) in [5.74, 6) is 0.410. The Labute approximate surface area is 198 Å². The highest BCUT2D eigenvalue weighted by molar-refractivity contribution is 8.00. The molecular weight excluding hydrogens is 461 g/mol. The second-order valence-electron chi connectivity index (χ2n) is 7.98. The molecule has 1 heterocycles. The summed E-state index contributed by atoms with van der Waals surface area (Å²) < 4.78 is 43.3. The van der Waals surface area contributed by atoms with E-state index in [1.165, 1.54) is 34.7 Å². The van der Waals surface area contributed by atoms with E-state index in [1.807, 2.05) is 36.4 Å². The molecule has 0 saturated carbocycles. The number of alkyl halides is 3. The van der Waals surface area contributed by atoms with Crippen LogP contribution < -0.4 is 4.90 Å². The van der Waals surface area contributed by atoms with Crippen molar-refractivity contribution >= 4 is 23.4 Å². The van der Waals surface area contributed by atoms with Gasteiger partial charge in [-0.05, 0) is 78.7 Å². The van der Waals surface area contributed by atoms with Gasteiger partial charge in [-0.25, -0.2) is 0 Å². The minimum atomic E-state index is -4.36. The number of hydrogen-bond donors (Lipinski definition) is 0. The largest absolute Gasteiger partial charge is 0.446 e. The highest BCUT2D eigenvalue weighted by Crippen LogP contribution is 2.39. The van der Waals surface area contributed by atoms with Gasteiger partial charge in [0.15, 0.2) is 5.76 Å². The number of carbonyl (C=O) groups is 1. The van der Waals surface area contributed by atoms with Crippen molar-refractivity contribution in [3.8, 4) is 22.6 Å². The van der Waals surface area contributed by atoms with Crippen molar-refractivity contribution in [2.75, 3.05) is 11.9 Å². The third kappa shape index (κ3) is 4.33. The standard InChI is InChI=1S/C26H19F3N2O2S/c1-31(25(32)18-8-13-20(14-9-18)34-26(27,28)29)19-11-6-17(7-12-19)24-22-15-10-16-4-2-3-5-21(16)23(22)30-33-24/h2-9,11-14H,10,15H2,1H3. The zero-order valence-electron chi connectivity index (χ0n) is 18.1. The van der Waals surface area contributed by atoms with Crippen LogP contribution in [0.15, 0.2) is 82.2 Å². The summed E-state index contributed by atoms with van der Waals surface area (Å²) in [5.41, 5.74) is 1.77. The Morgan fingerprint density at radius 2 is 1.68 bits per heavy atom. The van der Waals surface area contributed by atoms with Gasteiger partial charge in [0, 0.05) is 39.9 Å². The molecule has 172 valence electrons. The van der Waals surface area contributed by atoms with Gasteiger partial charge in [-0.2, -0.15) is 13.2 Å². The molecule has 1 aliphatic carbocycles. The van der Waals surface area contributed by atoms with Crippen molar-refractivity contribution in [3.05, 3.63) is 89.5 Å². The van der Waals surface area contributed by atoms with Crippen LogP contribution in [-0.4, -0.2) is 23.6 Å². The zero-order valence-corrected chi connectivity index (χ0v) is 18.9. The number of hydrogen-bond acceptors (Lipinski definition) is 4. The molecule has 0 aliphatic heterocycles. The van der Waals surface area contributed by atoms with Gasteiger partial charge in [-0.15, -0.1) is 0 Å². The number of anilines is 1. The van der Waals surface area contributed by atoms with Crippen LogP contribution in [-0.2, 0) is 12.8 Å². The Morgan fingerprint density at radius 1 is 0.971 bits per heavy atom. The van der Waals surface area contributed by atoms with Crippen LogP contribution in [0.2, 0.25) is 0 Å². The van der Waals surface area contributed by atoms with Gasteiger partial charge in [-0.3, -0.25) is 4.79 Å². The lowest BCUT2D eigenvalue weighted by Crippen LogP contribution is -2.26. The normalized spacial score (nSPS) is 12.7. The lowest BCUT2D eigenvalue weighted by molar-refractivity contribution is -0.0328. The molecule has 0 N–H and O–H groups in total. The highest BCUT2D eigenvalue weighted by atomic mass is 32.2. The number of nitrogens with zero attached hydrogens (tertiary/aromatic N) is 2. The van der Waals surface area contributed by atoms with Crippen LogP contribution in [0.4, 0.5) is 18.9 Å². The smallest absolute Gasteiger partial charge is 0.355 e. The summed E-state index contributed by atoms with van der Waals surface area (Å²) in [6.45, 7) is 0. The maximum atomic E-state index is 12.8. The fraction of sp³-hybridized carbons (Fsp3) is 0.154. The lowest BCUT2D eigenvalue weighted by atomic mass is 9.88. The SMILES string of the molecule is CN(C(=O)c1ccc(SC(F)(F)F)cc1)c1ccc(-c2onc3c2CCc2ccccc2-3)cc1. The topological polar surface area (TPSA) is 46.3 Å². The molecule has 3 aromatic carbocycles. The Hall–Kier alpha value is -3.52. The highest BCUT2D eigenvalue weighted by Gasteiger charge is 2.29. The summed E-state index contributed by atoms with van der Waals surface area (Å²) in [6.07, 6.45) is 1.76. The number of aromatic nitrogens is 1. The minimum Gasteiger partial charge on any atom is -0.355 e. The Morgan fingerprint density at radius 3 is 2.38 bits per heavy atom. The second-order valence-corrected chi connectivity index (χ2v) is 9.12. The second kappa shape index (κ2) is 8.68. The van der Waals surface area contributed by atoms with E-state index < -0.39 is 5.51 Å². The number of halogens is 3. The van der Waals surface area contributed by atoms with Crippen LogP contribution in [0.1, 0.15) is 21.5 Å². The summed E-state index contributed by atoms with van der Waals surface area (Å²) >= 11 is -0.207. The molecule has 0 fully saturated rings. The van der Waals surface area contributed by atoms with Crippen molar-refractivity contribution in [1.29, 1.82) is 0 Å². The lowest BCUT2D eigenvalue weighted by Gasteiger charge is -2.18. The van der Waals surface area contributed by atoms with Crippen molar-refractivity contribution in [2.24, 2.45) is 0 Å². The summed E-state index contributed by atoms with van der Waals surface area (Å²) in [6, 6.07) is 21.0. The molecule has 1 amide bonds. The number of fused-ring (bicyclic) bond motifs is 3. The van der Waals surface area contributed by atoms with Gasteiger partial charge in [0.2, 0.25) is 0 Å². The molecule has 0 spiro atoms. The van der Waals surface area contributed by atoms with E-state index in [0.29, 0.717) is 11.3 Å². The fourth-order valence-corrected chi connectivity index (χ4v) is 4.69. The third-order valence-electron chi connectivity index (χ3n) is 5.86. The van der Waals surface area contributed by atoms with Gasteiger partial charge in [0.25, 0.3) is 5.91 Å². The van der Waals surface area contributed by atoms with Crippen molar-refractivity contribution < 1.29 is 22.5 Å². The summed E-state index contributed by atoms with van der Waals surface area (Å²) in [4.78, 5) is 14.3. The van der Waals surface area contributed by atoms with E-state index in [1.54, 1.807) is 7.05 Å². The molecule has 5 rings (SSSR count). The predicted octanol–water partition coefficient (Wildman–Crippen LogP) is 7.00. The molecule has 4 aromatic rings. The van der Waals surface area contributed by atoms with Gasteiger partial charge in [0.1, 0.15) is 5.69 Å². The van der Waals surface area contributed by atoms with E-state index in [0.717, 1.165) is 41.0 Å². The molecule has 1 aliphatic rings. The van der Waals surface area contributed by atoms with Crippen molar-refractivity contribution in [1.82, 2.24) is 5.16 Å². The Kier molecular flexibility index (Phi) is 5.69. The van der Waals surface area contributed by atoms with E-state index in [-0.39, 0.29) is 22.6 Å². The quantitative estimate of drug-likeness (QED) is 0.295. The zero-order chi connectivity index (χ0) is 23.9. The molecule has 0 saturated heterocycles. The van der Waals surface area contributed by atoms with E-state index >= 15 is 0 Å². The van der Waals surface area contributed by atoms with Crippen molar-refractivity contribution in [2.45, 2.75) is 23.2 Å². The number of thioether (sulfide) groups is 1. The summed E-state index contributed by atoms with van der Waals surface area (Å²) in [5, 5.41) is 4.32. The van der Waals surface area contributed by atoms with Gasteiger partial charge in [-0.1, -0.05) is 29.4 Å². The predicted molar refractivity (Wildman–Crippen MR) is 126 cm³/mol. The third-order valence-corrected chi connectivity index (χ3v) is 6.60. The first kappa shape index (κ1) is 22.3. The monoisotopic (exact) mass is 480 g/mol. The Balaban J connectivity index is 1.34. The average Bonchev–Trinajstić information content (AvgIpc) is 3.27. The molecule has 0 atom stereocenters. The molecule has 0 bridgehead atoms. The maximum Gasteiger partial charge on any atom is 0.446 e. The summed E-state index contributed by atoms with van der Waals surface area (Å²) in [7, 11) is 1.63. The van der Waals surface area contributed by atoms with Crippen LogP contribution in [0.3, 0.4) is 0 Å². The molecule has 0 radical (unpaired) electrons. The first-order valence-electron chi connectivity index (χ1n) is 10.6. The molecule has 1 aromatic heterocycles. The number of rotatable bonds is 4. The maximum absolute atomic E-state index is 12.8. The van der Waals surface area contributed by atoms with Crippen LogP contribution >= 0.6 is 11.8 Å². The molecule has 0 unspecified atom stereocenters. The van der Waals surface area contributed by atoms with Gasteiger partial charge < -0.3 is 9.42 Å². The molecule has 34 heavy (non-hydrogen) atoms. The van der Waals surface area contributed by atoms with E-state index in [2.05, 4.69) is 17.3 Å². The number of aryl methyl sites for hydroxylation is 1.